The molecule has 0 radical (unpaired) electrons. The summed E-state index contributed by atoms with van der Waals surface area (Å²) < 4.78 is 19.1. The summed E-state index contributed by atoms with van der Waals surface area (Å²) in [4.78, 5) is 32.9. The van der Waals surface area contributed by atoms with E-state index < -0.39 is 12.0 Å². The van der Waals surface area contributed by atoms with E-state index in [0.29, 0.717) is 44.3 Å². The molecule has 0 saturated heterocycles. The third-order valence-electron chi connectivity index (χ3n) is 5.84. The summed E-state index contributed by atoms with van der Waals surface area (Å²) in [5, 5.41) is 1.97. The van der Waals surface area contributed by atoms with Crippen molar-refractivity contribution in [1.82, 2.24) is 4.57 Å². The highest BCUT2D eigenvalue weighted by Gasteiger charge is 2.34. The van der Waals surface area contributed by atoms with Gasteiger partial charge in [-0.25, -0.2) is 9.79 Å². The number of thiazole rings is 1. The van der Waals surface area contributed by atoms with Crippen molar-refractivity contribution < 1.29 is 19.0 Å². The van der Waals surface area contributed by atoms with Gasteiger partial charge in [-0.2, -0.15) is 0 Å². The van der Waals surface area contributed by atoms with Gasteiger partial charge in [0.25, 0.3) is 5.56 Å². The summed E-state index contributed by atoms with van der Waals surface area (Å²) in [6.45, 7) is 6.49. The summed E-state index contributed by atoms with van der Waals surface area (Å²) in [6.07, 6.45) is 5.02. The Morgan fingerprint density at radius 2 is 2.03 bits per heavy atom. The highest BCUT2D eigenvalue weighted by Crippen LogP contribution is 2.36. The van der Waals surface area contributed by atoms with Gasteiger partial charge in [0.1, 0.15) is 0 Å². The van der Waals surface area contributed by atoms with Crippen LogP contribution in [0.1, 0.15) is 56.5 Å². The van der Waals surface area contributed by atoms with Crippen LogP contribution in [0.5, 0.6) is 11.5 Å². The Morgan fingerprint density at radius 3 is 2.72 bits per heavy atom. The maximum Gasteiger partial charge on any atom is 0.338 e. The van der Waals surface area contributed by atoms with Gasteiger partial charge >= 0.3 is 5.97 Å². The minimum Gasteiger partial charge on any atom is -0.493 e. The number of hydrogen-bond donors (Lipinski definition) is 0. The van der Waals surface area contributed by atoms with Crippen molar-refractivity contribution >= 4 is 34.7 Å². The average Bonchev–Trinajstić information content (AvgIpc) is 3.49. The first kappa shape index (κ1) is 25.9. The zero-order valence-electron chi connectivity index (χ0n) is 20.9. The molecule has 1 atom stereocenters. The standard InChI is InChI=1S/C27H30N2O5S2/c1-5-7-8-13-34-20-12-11-18(15-21(20)32-4)24-23(26(31)33-6-2)17(3)28-27-29(24)25(30)22(36-27)16-19-10-9-14-35-19/h9-12,14-16,24H,5-8,13H2,1-4H3. The van der Waals surface area contributed by atoms with E-state index in [2.05, 4.69) is 11.9 Å². The number of methoxy groups -OCH3 is 1. The quantitative estimate of drug-likeness (QED) is 0.288. The second kappa shape index (κ2) is 11.7. The minimum absolute atomic E-state index is 0.203. The summed E-state index contributed by atoms with van der Waals surface area (Å²) in [6, 6.07) is 8.73. The SMILES string of the molecule is CCCCCOc1ccc(C2C(C(=O)OCC)=C(C)N=c3sc(=Cc4cccs4)c(=O)n32)cc1OC. The van der Waals surface area contributed by atoms with Crippen LogP contribution in [-0.4, -0.2) is 30.9 Å². The Bertz CT molecular complexity index is 1430. The molecule has 0 saturated carbocycles. The summed E-state index contributed by atoms with van der Waals surface area (Å²) in [5.74, 6) is 0.679. The van der Waals surface area contributed by atoms with Gasteiger partial charge < -0.3 is 14.2 Å². The van der Waals surface area contributed by atoms with E-state index >= 15 is 0 Å². The van der Waals surface area contributed by atoms with Crippen LogP contribution in [0.25, 0.3) is 6.08 Å². The van der Waals surface area contributed by atoms with E-state index in [4.69, 9.17) is 14.2 Å². The van der Waals surface area contributed by atoms with Gasteiger partial charge in [0.05, 0.1) is 42.2 Å². The molecule has 7 nitrogen and oxygen atoms in total. The fourth-order valence-corrected chi connectivity index (χ4v) is 5.89. The molecule has 0 spiro atoms. The number of carbonyl (C=O) groups excluding carboxylic acids is 1. The predicted octanol–water partition coefficient (Wildman–Crippen LogP) is 4.44. The van der Waals surface area contributed by atoms with Crippen LogP contribution < -0.4 is 24.4 Å². The fourth-order valence-electron chi connectivity index (χ4n) is 4.12. The molecule has 1 aromatic carbocycles. The molecule has 1 aliphatic rings. The molecular weight excluding hydrogens is 496 g/mol. The zero-order valence-corrected chi connectivity index (χ0v) is 22.5. The van der Waals surface area contributed by atoms with Crippen LogP contribution in [0.2, 0.25) is 0 Å². The van der Waals surface area contributed by atoms with E-state index in [1.54, 1.807) is 36.9 Å². The van der Waals surface area contributed by atoms with Gasteiger partial charge in [-0.1, -0.05) is 43.2 Å². The maximum atomic E-state index is 13.6. The third-order valence-corrected chi connectivity index (χ3v) is 7.64. The van der Waals surface area contributed by atoms with Crippen molar-refractivity contribution in [3.8, 4) is 11.5 Å². The molecule has 1 unspecified atom stereocenters. The molecule has 4 rings (SSSR count). The molecule has 9 heteroatoms. The Morgan fingerprint density at radius 1 is 1.19 bits per heavy atom. The van der Waals surface area contributed by atoms with Crippen molar-refractivity contribution in [3.05, 3.63) is 77.1 Å². The number of allylic oxidation sites excluding steroid dienone is 1. The van der Waals surface area contributed by atoms with Crippen molar-refractivity contribution in [2.75, 3.05) is 20.3 Å². The lowest BCUT2D eigenvalue weighted by Crippen LogP contribution is -2.39. The summed E-state index contributed by atoms with van der Waals surface area (Å²) in [7, 11) is 1.58. The predicted molar refractivity (Wildman–Crippen MR) is 143 cm³/mol. The van der Waals surface area contributed by atoms with Gasteiger partial charge in [-0.15, -0.1) is 11.3 Å². The maximum absolute atomic E-state index is 13.6. The number of rotatable bonds is 10. The van der Waals surface area contributed by atoms with Crippen molar-refractivity contribution in [2.24, 2.45) is 4.99 Å². The van der Waals surface area contributed by atoms with E-state index in [1.165, 1.54) is 11.3 Å². The van der Waals surface area contributed by atoms with Crippen LogP contribution in [-0.2, 0) is 9.53 Å². The first-order valence-corrected chi connectivity index (χ1v) is 13.7. The number of thiophene rings is 1. The lowest BCUT2D eigenvalue weighted by molar-refractivity contribution is -0.139. The number of esters is 1. The number of unbranched alkanes of at least 4 members (excludes halogenated alkanes) is 2. The molecule has 36 heavy (non-hydrogen) atoms. The largest absolute Gasteiger partial charge is 0.493 e. The second-order valence-corrected chi connectivity index (χ2v) is 10.3. The molecule has 0 N–H and O–H groups in total. The summed E-state index contributed by atoms with van der Waals surface area (Å²) >= 11 is 2.87. The number of nitrogens with zero attached hydrogens (tertiary/aromatic N) is 2. The van der Waals surface area contributed by atoms with Crippen LogP contribution in [0, 0.1) is 0 Å². The van der Waals surface area contributed by atoms with E-state index in [-0.39, 0.29) is 12.2 Å². The van der Waals surface area contributed by atoms with Crippen LogP contribution in [0.15, 0.2) is 56.8 Å². The molecule has 3 heterocycles. The van der Waals surface area contributed by atoms with Crippen LogP contribution in [0.4, 0.5) is 0 Å². The van der Waals surface area contributed by atoms with Gasteiger partial charge in [0.2, 0.25) is 0 Å². The van der Waals surface area contributed by atoms with Crippen molar-refractivity contribution in [1.29, 1.82) is 0 Å². The van der Waals surface area contributed by atoms with Crippen molar-refractivity contribution in [2.45, 2.75) is 46.1 Å². The first-order valence-electron chi connectivity index (χ1n) is 12.0. The minimum atomic E-state index is -0.700. The molecular formula is C27H30N2O5S2. The van der Waals surface area contributed by atoms with Gasteiger partial charge in [0.15, 0.2) is 16.3 Å². The van der Waals surface area contributed by atoms with Gasteiger partial charge in [-0.05, 0) is 55.5 Å². The molecule has 1 aliphatic heterocycles. The normalized spacial score (nSPS) is 15.4. The van der Waals surface area contributed by atoms with Gasteiger partial charge in [-0.3, -0.25) is 9.36 Å². The van der Waals surface area contributed by atoms with Crippen LogP contribution in [0.3, 0.4) is 0 Å². The molecule has 3 aromatic rings. The highest BCUT2D eigenvalue weighted by atomic mass is 32.1. The molecule has 190 valence electrons. The zero-order chi connectivity index (χ0) is 25.7. The Balaban J connectivity index is 1.84. The molecule has 0 aliphatic carbocycles. The topological polar surface area (TPSA) is 79.1 Å². The Labute approximate surface area is 218 Å². The number of aromatic nitrogens is 1. The number of hydrogen-bond acceptors (Lipinski definition) is 8. The molecule has 2 aromatic heterocycles. The number of carbonyl (C=O) groups is 1. The highest BCUT2D eigenvalue weighted by molar-refractivity contribution is 7.11. The average molecular weight is 527 g/mol. The summed E-state index contributed by atoms with van der Waals surface area (Å²) in [5.41, 5.74) is 1.38. The van der Waals surface area contributed by atoms with E-state index in [1.807, 2.05) is 41.8 Å². The van der Waals surface area contributed by atoms with Crippen LogP contribution >= 0.6 is 22.7 Å². The number of fused-ring (bicyclic) bond motifs is 1. The second-order valence-electron chi connectivity index (χ2n) is 8.28. The smallest absolute Gasteiger partial charge is 0.338 e. The van der Waals surface area contributed by atoms with Crippen molar-refractivity contribution in [3.63, 3.8) is 0 Å². The molecule has 0 amide bonds. The fraction of sp³-hybridized carbons (Fsp3) is 0.370. The number of ether oxygens (including phenoxy) is 3. The van der Waals surface area contributed by atoms with Gasteiger partial charge in [0, 0.05) is 4.88 Å². The molecule has 0 fully saturated rings. The molecule has 0 bridgehead atoms. The third kappa shape index (κ3) is 5.32. The Hall–Kier alpha value is -3.17. The monoisotopic (exact) mass is 526 g/mol. The van der Waals surface area contributed by atoms with E-state index in [0.717, 1.165) is 24.1 Å². The lowest BCUT2D eigenvalue weighted by atomic mass is 9.95. The number of benzene rings is 1. The van der Waals surface area contributed by atoms with E-state index in [9.17, 15) is 9.59 Å². The first-order chi connectivity index (χ1) is 17.5. The Kier molecular flexibility index (Phi) is 8.43. The lowest BCUT2D eigenvalue weighted by Gasteiger charge is -2.25.